The standard InChI is InChI=1S/C14H21FN2OS/c1-4-5-8-16-14(19)17-10(2)11-6-7-13(18-3)12(15)9-11/h6-7,9-10H,4-5,8H2,1-3H3,(H2,16,17,19)/t10-/m1/s1. The summed E-state index contributed by atoms with van der Waals surface area (Å²) < 4.78 is 18.5. The second-order valence-corrected chi connectivity index (χ2v) is 4.78. The summed E-state index contributed by atoms with van der Waals surface area (Å²) in [7, 11) is 1.45. The number of unbranched alkanes of at least 4 members (excludes halogenated alkanes) is 1. The van der Waals surface area contributed by atoms with Crippen LogP contribution >= 0.6 is 12.2 Å². The molecule has 0 aliphatic heterocycles. The van der Waals surface area contributed by atoms with Crippen molar-refractivity contribution >= 4 is 17.3 Å². The third-order valence-corrected chi connectivity index (χ3v) is 3.10. The maximum atomic E-state index is 13.6. The molecule has 0 saturated carbocycles. The van der Waals surface area contributed by atoms with Gasteiger partial charge in [-0.25, -0.2) is 4.39 Å². The van der Waals surface area contributed by atoms with Crippen molar-refractivity contribution in [1.82, 2.24) is 10.6 Å². The average Bonchev–Trinajstić information content (AvgIpc) is 2.38. The lowest BCUT2D eigenvalue weighted by Gasteiger charge is -2.17. The van der Waals surface area contributed by atoms with E-state index in [4.69, 9.17) is 17.0 Å². The first-order valence-electron chi connectivity index (χ1n) is 6.46. The first-order valence-corrected chi connectivity index (χ1v) is 6.87. The molecular weight excluding hydrogens is 263 g/mol. The maximum Gasteiger partial charge on any atom is 0.166 e. The first-order chi connectivity index (χ1) is 9.08. The molecule has 0 aromatic heterocycles. The number of thiocarbonyl (C=S) groups is 1. The molecule has 0 unspecified atom stereocenters. The van der Waals surface area contributed by atoms with Gasteiger partial charge in [0.05, 0.1) is 13.2 Å². The quantitative estimate of drug-likeness (QED) is 0.621. The van der Waals surface area contributed by atoms with E-state index >= 15 is 0 Å². The molecule has 1 aromatic carbocycles. The molecule has 0 fully saturated rings. The highest BCUT2D eigenvalue weighted by molar-refractivity contribution is 7.80. The summed E-state index contributed by atoms with van der Waals surface area (Å²) in [5, 5.41) is 6.85. The zero-order valence-corrected chi connectivity index (χ0v) is 12.4. The summed E-state index contributed by atoms with van der Waals surface area (Å²) in [4.78, 5) is 0. The van der Waals surface area contributed by atoms with Gasteiger partial charge in [0, 0.05) is 6.54 Å². The predicted molar refractivity (Wildman–Crippen MR) is 80.0 cm³/mol. The number of hydrogen-bond acceptors (Lipinski definition) is 2. The van der Waals surface area contributed by atoms with Crippen LogP contribution in [0.1, 0.15) is 38.3 Å². The van der Waals surface area contributed by atoms with Gasteiger partial charge in [-0.15, -0.1) is 0 Å². The Balaban J connectivity index is 2.55. The van der Waals surface area contributed by atoms with Gasteiger partial charge in [-0.3, -0.25) is 0 Å². The van der Waals surface area contributed by atoms with E-state index in [9.17, 15) is 4.39 Å². The van der Waals surface area contributed by atoms with Gasteiger partial charge in [-0.05, 0) is 43.3 Å². The largest absolute Gasteiger partial charge is 0.494 e. The van der Waals surface area contributed by atoms with Crippen LogP contribution < -0.4 is 15.4 Å². The van der Waals surface area contributed by atoms with Crippen LogP contribution in [0.25, 0.3) is 0 Å². The van der Waals surface area contributed by atoms with Gasteiger partial charge in [0.1, 0.15) is 0 Å². The minimum Gasteiger partial charge on any atom is -0.494 e. The van der Waals surface area contributed by atoms with Crippen molar-refractivity contribution in [3.05, 3.63) is 29.6 Å². The zero-order valence-electron chi connectivity index (χ0n) is 11.6. The molecule has 0 aliphatic rings. The average molecular weight is 284 g/mol. The van der Waals surface area contributed by atoms with Crippen molar-refractivity contribution in [1.29, 1.82) is 0 Å². The van der Waals surface area contributed by atoms with E-state index in [1.54, 1.807) is 6.07 Å². The molecule has 1 atom stereocenters. The topological polar surface area (TPSA) is 33.3 Å². The van der Waals surface area contributed by atoms with Crippen molar-refractivity contribution in [2.45, 2.75) is 32.7 Å². The van der Waals surface area contributed by atoms with Gasteiger partial charge in [-0.2, -0.15) is 0 Å². The second kappa shape index (κ2) is 7.94. The van der Waals surface area contributed by atoms with Gasteiger partial charge in [0.15, 0.2) is 16.7 Å². The van der Waals surface area contributed by atoms with E-state index in [0.717, 1.165) is 24.9 Å². The van der Waals surface area contributed by atoms with Crippen LogP contribution in [-0.4, -0.2) is 18.8 Å². The normalized spacial score (nSPS) is 11.8. The van der Waals surface area contributed by atoms with Crippen LogP contribution in [0.2, 0.25) is 0 Å². The van der Waals surface area contributed by atoms with E-state index in [1.807, 2.05) is 13.0 Å². The van der Waals surface area contributed by atoms with E-state index in [-0.39, 0.29) is 17.6 Å². The van der Waals surface area contributed by atoms with Crippen molar-refractivity contribution in [2.24, 2.45) is 0 Å². The number of benzene rings is 1. The minimum absolute atomic E-state index is 0.0537. The van der Waals surface area contributed by atoms with Crippen molar-refractivity contribution < 1.29 is 9.13 Å². The lowest BCUT2D eigenvalue weighted by Crippen LogP contribution is -2.37. The summed E-state index contributed by atoms with van der Waals surface area (Å²) in [6.07, 6.45) is 2.20. The molecule has 3 nitrogen and oxygen atoms in total. The fourth-order valence-electron chi connectivity index (χ4n) is 1.66. The zero-order chi connectivity index (χ0) is 14.3. The minimum atomic E-state index is -0.362. The summed E-state index contributed by atoms with van der Waals surface area (Å²) in [5.41, 5.74) is 0.831. The van der Waals surface area contributed by atoms with Crippen LogP contribution in [-0.2, 0) is 0 Å². The molecule has 0 radical (unpaired) electrons. The van der Waals surface area contributed by atoms with Gasteiger partial charge in [-0.1, -0.05) is 19.4 Å². The molecule has 5 heteroatoms. The van der Waals surface area contributed by atoms with Crippen LogP contribution in [0.5, 0.6) is 5.75 Å². The molecule has 106 valence electrons. The van der Waals surface area contributed by atoms with E-state index in [2.05, 4.69) is 17.6 Å². The SMILES string of the molecule is CCCCNC(=S)N[C@H](C)c1ccc(OC)c(F)c1. The fourth-order valence-corrected chi connectivity index (χ4v) is 1.94. The highest BCUT2D eigenvalue weighted by Crippen LogP contribution is 2.21. The van der Waals surface area contributed by atoms with E-state index < -0.39 is 0 Å². The summed E-state index contributed by atoms with van der Waals surface area (Å²) in [6, 6.07) is 4.86. The number of methoxy groups -OCH3 is 1. The lowest BCUT2D eigenvalue weighted by molar-refractivity contribution is 0.386. The molecule has 0 spiro atoms. The number of halogens is 1. The molecule has 19 heavy (non-hydrogen) atoms. The van der Waals surface area contributed by atoms with Gasteiger partial charge in [0.25, 0.3) is 0 Å². The Morgan fingerprint density at radius 1 is 1.47 bits per heavy atom. The van der Waals surface area contributed by atoms with Crippen molar-refractivity contribution in [3.63, 3.8) is 0 Å². The summed E-state index contributed by atoms with van der Waals surface area (Å²) >= 11 is 5.18. The Labute approximate surface area is 119 Å². The Bertz CT molecular complexity index is 426. The molecule has 1 aromatic rings. The number of ether oxygens (including phenoxy) is 1. The molecule has 0 bridgehead atoms. The Morgan fingerprint density at radius 2 is 2.21 bits per heavy atom. The third-order valence-electron chi connectivity index (χ3n) is 2.84. The molecule has 0 saturated heterocycles. The molecule has 0 heterocycles. The summed E-state index contributed by atoms with van der Waals surface area (Å²) in [5.74, 6) is -0.113. The van der Waals surface area contributed by atoms with Crippen molar-refractivity contribution in [2.75, 3.05) is 13.7 Å². The fraction of sp³-hybridized carbons (Fsp3) is 0.500. The Kier molecular flexibility index (Phi) is 6.56. The second-order valence-electron chi connectivity index (χ2n) is 4.37. The smallest absolute Gasteiger partial charge is 0.166 e. The van der Waals surface area contributed by atoms with Gasteiger partial charge < -0.3 is 15.4 Å². The third kappa shape index (κ3) is 5.03. The van der Waals surface area contributed by atoms with Crippen LogP contribution in [0.3, 0.4) is 0 Å². The number of nitrogens with one attached hydrogen (secondary N) is 2. The molecule has 1 rings (SSSR count). The monoisotopic (exact) mass is 284 g/mol. The van der Waals surface area contributed by atoms with E-state index in [0.29, 0.717) is 5.11 Å². The van der Waals surface area contributed by atoms with Crippen LogP contribution in [0, 0.1) is 5.82 Å². The van der Waals surface area contributed by atoms with Crippen molar-refractivity contribution in [3.8, 4) is 5.75 Å². The lowest BCUT2D eigenvalue weighted by atomic mass is 10.1. The molecule has 0 aliphatic carbocycles. The molecule has 2 N–H and O–H groups in total. The molecule has 0 amide bonds. The highest BCUT2D eigenvalue weighted by Gasteiger charge is 2.10. The van der Waals surface area contributed by atoms with Crippen LogP contribution in [0.4, 0.5) is 4.39 Å². The van der Waals surface area contributed by atoms with E-state index in [1.165, 1.54) is 13.2 Å². The van der Waals surface area contributed by atoms with Crippen LogP contribution in [0.15, 0.2) is 18.2 Å². The first kappa shape index (κ1) is 15.7. The van der Waals surface area contributed by atoms with Gasteiger partial charge in [0.2, 0.25) is 0 Å². The molecular formula is C14H21FN2OS. The number of rotatable bonds is 6. The Morgan fingerprint density at radius 3 is 2.79 bits per heavy atom. The highest BCUT2D eigenvalue weighted by atomic mass is 32.1. The van der Waals surface area contributed by atoms with Gasteiger partial charge >= 0.3 is 0 Å². The maximum absolute atomic E-state index is 13.6. The Hall–Kier alpha value is -1.36. The summed E-state index contributed by atoms with van der Waals surface area (Å²) in [6.45, 7) is 4.92. The predicted octanol–water partition coefficient (Wildman–Crippen LogP) is 3.16. The number of hydrogen-bond donors (Lipinski definition) is 2.